The van der Waals surface area contributed by atoms with Crippen LogP contribution in [0.5, 0.6) is 0 Å². The van der Waals surface area contributed by atoms with Gasteiger partial charge in [0.1, 0.15) is 5.82 Å². The predicted octanol–water partition coefficient (Wildman–Crippen LogP) is 3.94. The second-order valence-electron chi connectivity index (χ2n) is 5.66. The molecular weight excluding hydrogens is 265 g/mol. The van der Waals surface area contributed by atoms with Crippen LogP contribution in [-0.4, -0.2) is 10.8 Å². The second-order valence-corrected chi connectivity index (χ2v) is 5.66. The fourth-order valence-electron chi connectivity index (χ4n) is 2.97. The first-order chi connectivity index (χ1) is 10.1. The zero-order valence-corrected chi connectivity index (χ0v) is 12.0. The molecule has 1 saturated heterocycles. The summed E-state index contributed by atoms with van der Waals surface area (Å²) in [6.45, 7) is 2.57. The van der Waals surface area contributed by atoms with E-state index in [9.17, 15) is 9.18 Å². The van der Waals surface area contributed by atoms with Gasteiger partial charge in [-0.1, -0.05) is 49.4 Å². The number of likely N-dealkylation sites (tertiary alicyclic amines) is 1. The highest BCUT2D eigenvalue weighted by Crippen LogP contribution is 2.37. The van der Waals surface area contributed by atoms with E-state index in [2.05, 4.69) is 0 Å². The first kappa shape index (κ1) is 13.8. The molecule has 0 N–H and O–H groups in total. The number of rotatable bonds is 3. The standard InChI is InChI=1S/C18H18FNO/c1-13-11-17(15-7-9-16(19)10-8-15)20(18(13)21)12-14-5-3-2-4-6-14/h2-10,13,17H,11-12H2,1H3/t13-,17-/m1/s1. The Morgan fingerprint density at radius 3 is 2.43 bits per heavy atom. The molecule has 2 atom stereocenters. The van der Waals surface area contributed by atoms with Gasteiger partial charge < -0.3 is 4.90 Å². The number of carbonyl (C=O) groups is 1. The van der Waals surface area contributed by atoms with Crippen LogP contribution in [0.25, 0.3) is 0 Å². The highest BCUT2D eigenvalue weighted by Gasteiger charge is 2.37. The molecule has 0 unspecified atom stereocenters. The van der Waals surface area contributed by atoms with Crippen LogP contribution in [-0.2, 0) is 11.3 Å². The van der Waals surface area contributed by atoms with Crippen molar-refractivity contribution in [3.63, 3.8) is 0 Å². The number of halogens is 1. The number of hydrogen-bond donors (Lipinski definition) is 0. The average Bonchev–Trinajstić information content (AvgIpc) is 2.78. The van der Waals surface area contributed by atoms with Crippen LogP contribution in [0.4, 0.5) is 4.39 Å². The highest BCUT2D eigenvalue weighted by molar-refractivity contribution is 5.81. The molecule has 1 amide bonds. The van der Waals surface area contributed by atoms with Gasteiger partial charge in [0.05, 0.1) is 6.04 Å². The van der Waals surface area contributed by atoms with Crippen LogP contribution in [0, 0.1) is 11.7 Å². The minimum Gasteiger partial charge on any atom is -0.331 e. The molecule has 3 heteroatoms. The van der Waals surface area contributed by atoms with Crippen molar-refractivity contribution in [1.29, 1.82) is 0 Å². The van der Waals surface area contributed by atoms with Gasteiger partial charge in [-0.05, 0) is 29.7 Å². The van der Waals surface area contributed by atoms with Crippen molar-refractivity contribution in [2.24, 2.45) is 5.92 Å². The van der Waals surface area contributed by atoms with E-state index in [1.54, 1.807) is 12.1 Å². The first-order valence-electron chi connectivity index (χ1n) is 7.25. The lowest BCUT2D eigenvalue weighted by Crippen LogP contribution is -2.28. The van der Waals surface area contributed by atoms with Crippen molar-refractivity contribution < 1.29 is 9.18 Å². The molecule has 1 aliphatic rings. The summed E-state index contributed by atoms with van der Waals surface area (Å²) in [5.41, 5.74) is 2.12. The van der Waals surface area contributed by atoms with E-state index in [-0.39, 0.29) is 23.7 Å². The lowest BCUT2D eigenvalue weighted by molar-refractivity contribution is -0.132. The van der Waals surface area contributed by atoms with Crippen LogP contribution in [0.15, 0.2) is 54.6 Å². The molecule has 0 bridgehead atoms. The predicted molar refractivity (Wildman–Crippen MR) is 79.9 cm³/mol. The summed E-state index contributed by atoms with van der Waals surface area (Å²) >= 11 is 0. The van der Waals surface area contributed by atoms with Crippen molar-refractivity contribution in [2.45, 2.75) is 25.9 Å². The van der Waals surface area contributed by atoms with Gasteiger partial charge in [0.2, 0.25) is 5.91 Å². The van der Waals surface area contributed by atoms with Crippen LogP contribution in [0.2, 0.25) is 0 Å². The Kier molecular flexibility index (Phi) is 3.74. The molecule has 0 saturated carbocycles. The van der Waals surface area contributed by atoms with Gasteiger partial charge in [-0.2, -0.15) is 0 Å². The van der Waals surface area contributed by atoms with Crippen molar-refractivity contribution in [3.8, 4) is 0 Å². The molecule has 3 rings (SSSR count). The van der Waals surface area contributed by atoms with Crippen LogP contribution in [0.1, 0.15) is 30.5 Å². The largest absolute Gasteiger partial charge is 0.331 e. The Hall–Kier alpha value is -2.16. The topological polar surface area (TPSA) is 20.3 Å². The monoisotopic (exact) mass is 283 g/mol. The molecule has 2 aromatic carbocycles. The number of benzene rings is 2. The third-order valence-electron chi connectivity index (χ3n) is 4.11. The Balaban J connectivity index is 1.87. The molecule has 2 nitrogen and oxygen atoms in total. The van der Waals surface area contributed by atoms with Crippen LogP contribution >= 0.6 is 0 Å². The normalized spacial score (nSPS) is 21.8. The zero-order valence-electron chi connectivity index (χ0n) is 12.0. The smallest absolute Gasteiger partial charge is 0.226 e. The van der Waals surface area contributed by atoms with E-state index in [1.807, 2.05) is 42.2 Å². The number of hydrogen-bond acceptors (Lipinski definition) is 1. The van der Waals surface area contributed by atoms with Gasteiger partial charge in [0, 0.05) is 12.5 Å². The number of nitrogens with zero attached hydrogens (tertiary/aromatic N) is 1. The van der Waals surface area contributed by atoms with E-state index in [4.69, 9.17) is 0 Å². The minimum absolute atomic E-state index is 0.0174. The summed E-state index contributed by atoms with van der Waals surface area (Å²) in [6, 6.07) is 16.5. The van der Waals surface area contributed by atoms with E-state index in [0.717, 1.165) is 17.5 Å². The molecular formula is C18H18FNO. The van der Waals surface area contributed by atoms with Gasteiger partial charge in [-0.25, -0.2) is 4.39 Å². The highest BCUT2D eigenvalue weighted by atomic mass is 19.1. The van der Waals surface area contributed by atoms with Crippen LogP contribution < -0.4 is 0 Å². The van der Waals surface area contributed by atoms with Gasteiger partial charge in [0.15, 0.2) is 0 Å². The van der Waals surface area contributed by atoms with Crippen molar-refractivity contribution in [3.05, 3.63) is 71.5 Å². The molecule has 108 valence electrons. The number of amides is 1. The van der Waals surface area contributed by atoms with Gasteiger partial charge in [-0.3, -0.25) is 4.79 Å². The Morgan fingerprint density at radius 2 is 1.76 bits per heavy atom. The Labute approximate surface area is 124 Å². The summed E-state index contributed by atoms with van der Waals surface area (Å²) in [6.07, 6.45) is 0.789. The zero-order chi connectivity index (χ0) is 14.8. The summed E-state index contributed by atoms with van der Waals surface area (Å²) in [5, 5.41) is 0. The molecule has 1 heterocycles. The lowest BCUT2D eigenvalue weighted by Gasteiger charge is -2.25. The minimum atomic E-state index is -0.245. The molecule has 21 heavy (non-hydrogen) atoms. The number of carbonyl (C=O) groups excluding carboxylic acids is 1. The van der Waals surface area contributed by atoms with E-state index < -0.39 is 0 Å². The average molecular weight is 283 g/mol. The second kappa shape index (κ2) is 5.68. The third kappa shape index (κ3) is 2.82. The Bertz CT molecular complexity index is 623. The quantitative estimate of drug-likeness (QED) is 0.835. The molecule has 0 spiro atoms. The van der Waals surface area contributed by atoms with Crippen LogP contribution in [0.3, 0.4) is 0 Å². The summed E-state index contributed by atoms with van der Waals surface area (Å²) in [7, 11) is 0. The third-order valence-corrected chi connectivity index (χ3v) is 4.11. The van der Waals surface area contributed by atoms with Gasteiger partial charge >= 0.3 is 0 Å². The Morgan fingerprint density at radius 1 is 1.10 bits per heavy atom. The van der Waals surface area contributed by atoms with E-state index in [0.29, 0.717) is 6.54 Å². The van der Waals surface area contributed by atoms with Crippen molar-refractivity contribution in [1.82, 2.24) is 4.90 Å². The van der Waals surface area contributed by atoms with Gasteiger partial charge in [0.25, 0.3) is 0 Å². The molecule has 0 aromatic heterocycles. The summed E-state index contributed by atoms with van der Waals surface area (Å²) < 4.78 is 13.1. The maximum absolute atomic E-state index is 13.1. The van der Waals surface area contributed by atoms with Crippen molar-refractivity contribution in [2.75, 3.05) is 0 Å². The maximum Gasteiger partial charge on any atom is 0.226 e. The molecule has 0 aliphatic carbocycles. The van der Waals surface area contributed by atoms with E-state index in [1.165, 1.54) is 12.1 Å². The molecule has 0 radical (unpaired) electrons. The fourth-order valence-corrected chi connectivity index (χ4v) is 2.97. The molecule has 1 fully saturated rings. The first-order valence-corrected chi connectivity index (χ1v) is 7.25. The maximum atomic E-state index is 13.1. The fraction of sp³-hybridized carbons (Fsp3) is 0.278. The van der Waals surface area contributed by atoms with Crippen molar-refractivity contribution >= 4 is 5.91 Å². The van der Waals surface area contributed by atoms with Gasteiger partial charge in [-0.15, -0.1) is 0 Å². The molecule has 1 aliphatic heterocycles. The summed E-state index contributed by atoms with van der Waals surface area (Å²) in [5.74, 6) is -0.0531. The van der Waals surface area contributed by atoms with E-state index >= 15 is 0 Å². The SMILES string of the molecule is C[C@@H]1C[C@H](c2ccc(F)cc2)N(Cc2ccccc2)C1=O. The molecule has 2 aromatic rings. The summed E-state index contributed by atoms with van der Waals surface area (Å²) in [4.78, 5) is 14.3. The lowest BCUT2D eigenvalue weighted by atomic mass is 10.0.